The Morgan fingerprint density at radius 3 is 2.70 bits per heavy atom. The molecule has 1 fully saturated rings. The Hall–Kier alpha value is -1.37. The van der Waals surface area contributed by atoms with E-state index in [-0.39, 0.29) is 23.9 Å². The minimum atomic E-state index is -0.670. The van der Waals surface area contributed by atoms with Crippen LogP contribution in [0.1, 0.15) is 25.3 Å². The Kier molecular flexibility index (Phi) is 4.17. The molecule has 1 aromatic rings. The van der Waals surface area contributed by atoms with Crippen LogP contribution in [0, 0.1) is 16.0 Å². The Balaban J connectivity index is 2.19. The number of hydrogen-bond acceptors (Lipinski definition) is 5. The highest BCUT2D eigenvalue weighted by molar-refractivity contribution is 6.31. The summed E-state index contributed by atoms with van der Waals surface area (Å²) in [6, 6.07) is 2.61. The maximum Gasteiger partial charge on any atom is 0.312 e. The molecule has 1 aromatic carbocycles. The van der Waals surface area contributed by atoms with Gasteiger partial charge in [-0.2, -0.15) is 0 Å². The zero-order valence-corrected chi connectivity index (χ0v) is 11.9. The second-order valence-electron chi connectivity index (χ2n) is 5.39. The molecule has 3 N–H and O–H groups in total. The second-order valence-corrected chi connectivity index (χ2v) is 5.83. The zero-order chi connectivity index (χ0) is 14.9. The summed E-state index contributed by atoms with van der Waals surface area (Å²) in [5.41, 5.74) is -0.500. The molecule has 0 saturated heterocycles. The van der Waals surface area contributed by atoms with E-state index in [9.17, 15) is 20.3 Å². The van der Waals surface area contributed by atoms with Gasteiger partial charge in [0, 0.05) is 28.7 Å². The van der Waals surface area contributed by atoms with Crippen LogP contribution in [0.15, 0.2) is 12.1 Å². The molecule has 6 nitrogen and oxygen atoms in total. The van der Waals surface area contributed by atoms with Crippen molar-refractivity contribution in [3.8, 4) is 5.75 Å². The van der Waals surface area contributed by atoms with Crippen molar-refractivity contribution in [1.29, 1.82) is 0 Å². The molecule has 20 heavy (non-hydrogen) atoms. The van der Waals surface area contributed by atoms with Crippen molar-refractivity contribution in [1.82, 2.24) is 5.32 Å². The lowest BCUT2D eigenvalue weighted by atomic mass is 9.96. The van der Waals surface area contributed by atoms with Gasteiger partial charge in [-0.05, 0) is 31.7 Å². The van der Waals surface area contributed by atoms with Gasteiger partial charge in [0.1, 0.15) is 0 Å². The third-order valence-electron chi connectivity index (χ3n) is 3.82. The van der Waals surface area contributed by atoms with Gasteiger partial charge in [-0.3, -0.25) is 10.1 Å². The van der Waals surface area contributed by atoms with E-state index >= 15 is 0 Å². The number of hydrogen-bond donors (Lipinski definition) is 3. The molecule has 0 radical (unpaired) electrons. The molecule has 0 heterocycles. The molecule has 1 aliphatic rings. The average molecular weight is 301 g/mol. The normalized spacial score (nSPS) is 17.8. The van der Waals surface area contributed by atoms with Gasteiger partial charge in [0.25, 0.3) is 0 Å². The fourth-order valence-corrected chi connectivity index (χ4v) is 2.50. The van der Waals surface area contributed by atoms with Gasteiger partial charge in [0.15, 0.2) is 5.75 Å². The summed E-state index contributed by atoms with van der Waals surface area (Å²) in [5, 5.41) is 33.6. The number of phenolic OH excluding ortho intramolecular Hbond substituents is 1. The summed E-state index contributed by atoms with van der Waals surface area (Å²) in [6.07, 6.45) is 2.09. The standard InChI is InChI=1S/C13H17ClN2O4/c1-13(7-17,9-2-3-9)15-6-8-4-10(14)5-11(12(8)18)16(19)20/h4-5,9,15,17-18H,2-3,6-7H2,1H3. The van der Waals surface area contributed by atoms with Crippen molar-refractivity contribution in [2.75, 3.05) is 6.61 Å². The second kappa shape index (κ2) is 5.55. The number of benzene rings is 1. The van der Waals surface area contributed by atoms with E-state index in [1.807, 2.05) is 6.92 Å². The summed E-state index contributed by atoms with van der Waals surface area (Å²) in [7, 11) is 0. The van der Waals surface area contributed by atoms with Crippen molar-refractivity contribution in [2.45, 2.75) is 31.8 Å². The molecule has 1 saturated carbocycles. The lowest BCUT2D eigenvalue weighted by Gasteiger charge is -2.29. The SMILES string of the molecule is CC(CO)(NCc1cc(Cl)cc([N+](=O)[O-])c1O)C1CC1. The van der Waals surface area contributed by atoms with Crippen LogP contribution in [0.2, 0.25) is 5.02 Å². The minimum absolute atomic E-state index is 0.0267. The van der Waals surface area contributed by atoms with E-state index in [1.165, 1.54) is 6.07 Å². The van der Waals surface area contributed by atoms with E-state index in [2.05, 4.69) is 5.32 Å². The average Bonchev–Trinajstić information content (AvgIpc) is 3.23. The predicted octanol–water partition coefficient (Wildman–Crippen LogP) is 2.20. The molecule has 110 valence electrons. The van der Waals surface area contributed by atoms with Gasteiger partial charge in [0.2, 0.25) is 0 Å². The van der Waals surface area contributed by atoms with E-state index in [4.69, 9.17) is 11.6 Å². The highest BCUT2D eigenvalue weighted by Gasteiger charge is 2.40. The molecule has 7 heteroatoms. The molecule has 2 rings (SSSR count). The van der Waals surface area contributed by atoms with Crippen molar-refractivity contribution in [2.24, 2.45) is 5.92 Å². The minimum Gasteiger partial charge on any atom is -0.502 e. The van der Waals surface area contributed by atoms with E-state index in [0.717, 1.165) is 18.9 Å². The fraction of sp³-hybridized carbons (Fsp3) is 0.538. The highest BCUT2D eigenvalue weighted by Crippen LogP contribution is 2.40. The smallest absolute Gasteiger partial charge is 0.312 e. The number of phenols is 1. The van der Waals surface area contributed by atoms with E-state index in [0.29, 0.717) is 11.5 Å². The van der Waals surface area contributed by atoms with Gasteiger partial charge in [0.05, 0.1) is 11.5 Å². The van der Waals surface area contributed by atoms with Crippen LogP contribution in [0.3, 0.4) is 0 Å². The van der Waals surface area contributed by atoms with Crippen LogP contribution in [-0.4, -0.2) is 27.3 Å². The first-order chi connectivity index (χ1) is 9.37. The Morgan fingerprint density at radius 2 is 2.20 bits per heavy atom. The first-order valence-corrected chi connectivity index (χ1v) is 6.77. The van der Waals surface area contributed by atoms with E-state index in [1.54, 1.807) is 0 Å². The number of rotatable bonds is 6. The van der Waals surface area contributed by atoms with Crippen molar-refractivity contribution >= 4 is 17.3 Å². The third-order valence-corrected chi connectivity index (χ3v) is 4.04. The molecule has 0 aliphatic heterocycles. The van der Waals surface area contributed by atoms with Gasteiger partial charge in [-0.15, -0.1) is 0 Å². The molecular weight excluding hydrogens is 284 g/mol. The Morgan fingerprint density at radius 1 is 1.55 bits per heavy atom. The topological polar surface area (TPSA) is 95.6 Å². The summed E-state index contributed by atoms with van der Waals surface area (Å²) >= 11 is 5.83. The van der Waals surface area contributed by atoms with E-state index < -0.39 is 16.1 Å². The largest absolute Gasteiger partial charge is 0.502 e. The quantitative estimate of drug-likeness (QED) is 0.553. The van der Waals surface area contributed by atoms with Gasteiger partial charge in [-0.25, -0.2) is 0 Å². The van der Waals surface area contributed by atoms with Crippen LogP contribution in [0.4, 0.5) is 5.69 Å². The Bertz CT molecular complexity index is 533. The first-order valence-electron chi connectivity index (χ1n) is 6.39. The molecule has 1 aliphatic carbocycles. The molecule has 0 aromatic heterocycles. The summed E-state index contributed by atoms with van der Waals surface area (Å²) in [4.78, 5) is 10.2. The summed E-state index contributed by atoms with van der Waals surface area (Å²) in [6.45, 7) is 2.09. The van der Waals surface area contributed by atoms with Crippen molar-refractivity contribution < 1.29 is 15.1 Å². The molecule has 0 spiro atoms. The van der Waals surface area contributed by atoms with Gasteiger partial charge in [-0.1, -0.05) is 11.6 Å². The third kappa shape index (κ3) is 3.03. The number of nitrogens with zero attached hydrogens (tertiary/aromatic N) is 1. The molecule has 0 bridgehead atoms. The number of aliphatic hydroxyl groups is 1. The van der Waals surface area contributed by atoms with Gasteiger partial charge < -0.3 is 15.5 Å². The number of halogens is 1. The lowest BCUT2D eigenvalue weighted by molar-refractivity contribution is -0.385. The summed E-state index contributed by atoms with van der Waals surface area (Å²) < 4.78 is 0. The van der Waals surface area contributed by atoms with Crippen molar-refractivity contribution in [3.63, 3.8) is 0 Å². The van der Waals surface area contributed by atoms with Crippen molar-refractivity contribution in [3.05, 3.63) is 32.8 Å². The van der Waals surface area contributed by atoms with Crippen LogP contribution in [0.5, 0.6) is 5.75 Å². The van der Waals surface area contributed by atoms with Crippen LogP contribution in [0.25, 0.3) is 0 Å². The fourth-order valence-electron chi connectivity index (χ4n) is 2.26. The van der Waals surface area contributed by atoms with Crippen LogP contribution >= 0.6 is 11.6 Å². The predicted molar refractivity (Wildman–Crippen MR) is 74.8 cm³/mol. The first kappa shape index (κ1) is 15.0. The van der Waals surface area contributed by atoms with Gasteiger partial charge >= 0.3 is 5.69 Å². The highest BCUT2D eigenvalue weighted by atomic mass is 35.5. The zero-order valence-electron chi connectivity index (χ0n) is 11.1. The molecular formula is C13H17ClN2O4. The number of aliphatic hydroxyl groups excluding tert-OH is 1. The Labute approximate surface area is 121 Å². The monoisotopic (exact) mass is 300 g/mol. The number of nitro groups is 1. The number of nitrogens with one attached hydrogen (secondary N) is 1. The van der Waals surface area contributed by atoms with Crippen LogP contribution < -0.4 is 5.32 Å². The number of aromatic hydroxyl groups is 1. The maximum absolute atomic E-state index is 10.8. The number of nitro benzene ring substituents is 1. The molecule has 0 amide bonds. The molecule has 1 atom stereocenters. The maximum atomic E-state index is 10.8. The van der Waals surface area contributed by atoms with Crippen LogP contribution in [-0.2, 0) is 6.54 Å². The summed E-state index contributed by atoms with van der Waals surface area (Å²) in [5.74, 6) is 0.00630. The molecule has 1 unspecified atom stereocenters. The lowest BCUT2D eigenvalue weighted by Crippen LogP contribution is -2.47.